The molecule has 2 rings (SSSR count). The number of sulfonamides is 1. The highest BCUT2D eigenvalue weighted by molar-refractivity contribution is 7.92. The number of rotatable bonds is 11. The van der Waals surface area contributed by atoms with Crippen LogP contribution in [0.1, 0.15) is 37.8 Å². The average Bonchev–Trinajstić information content (AvgIpc) is 2.76. The van der Waals surface area contributed by atoms with Gasteiger partial charge in [-0.3, -0.25) is 13.9 Å². The number of nitrogens with zero attached hydrogens (tertiary/aromatic N) is 2. The molecule has 0 heterocycles. The van der Waals surface area contributed by atoms with Gasteiger partial charge in [0.25, 0.3) is 0 Å². The Morgan fingerprint density at radius 3 is 2.35 bits per heavy atom. The molecule has 10 heteroatoms. The maximum absolute atomic E-state index is 13.6. The molecule has 0 aliphatic heterocycles. The van der Waals surface area contributed by atoms with Gasteiger partial charge in [0.2, 0.25) is 21.8 Å². The third kappa shape index (κ3) is 7.61. The van der Waals surface area contributed by atoms with E-state index in [0.29, 0.717) is 34.3 Å². The summed E-state index contributed by atoms with van der Waals surface area (Å²) in [5.74, 6) is -0.819. The topological polar surface area (TPSA) is 86.8 Å². The van der Waals surface area contributed by atoms with Crippen molar-refractivity contribution in [2.75, 3.05) is 23.7 Å². The van der Waals surface area contributed by atoms with Crippen LogP contribution in [0.5, 0.6) is 0 Å². The number of nitrogens with one attached hydrogen (secondary N) is 1. The first-order chi connectivity index (χ1) is 16.0. The van der Waals surface area contributed by atoms with Gasteiger partial charge in [0.15, 0.2) is 0 Å². The van der Waals surface area contributed by atoms with E-state index in [0.717, 1.165) is 22.5 Å². The molecule has 2 aromatic rings. The molecule has 1 atom stereocenters. The van der Waals surface area contributed by atoms with Crippen LogP contribution in [0.3, 0.4) is 0 Å². The molecule has 0 spiro atoms. The van der Waals surface area contributed by atoms with Crippen molar-refractivity contribution in [3.63, 3.8) is 0 Å². The molecule has 0 aliphatic rings. The second-order valence-corrected chi connectivity index (χ2v) is 10.8. The molecular formula is C24H31Cl2N3O4S. The number of halogens is 2. The van der Waals surface area contributed by atoms with E-state index < -0.39 is 28.5 Å². The van der Waals surface area contributed by atoms with E-state index in [9.17, 15) is 18.0 Å². The van der Waals surface area contributed by atoms with E-state index in [1.54, 1.807) is 43.3 Å². The van der Waals surface area contributed by atoms with E-state index >= 15 is 0 Å². The number of amides is 2. The summed E-state index contributed by atoms with van der Waals surface area (Å²) in [5.41, 5.74) is 1.83. The number of aryl methyl sites for hydroxylation is 1. The van der Waals surface area contributed by atoms with Crippen LogP contribution in [0.4, 0.5) is 5.69 Å². The van der Waals surface area contributed by atoms with E-state index in [4.69, 9.17) is 23.2 Å². The zero-order valence-corrected chi connectivity index (χ0v) is 22.2. The molecule has 0 fully saturated rings. The zero-order valence-electron chi connectivity index (χ0n) is 19.8. The van der Waals surface area contributed by atoms with Crippen molar-refractivity contribution in [3.05, 3.63) is 63.6 Å². The Bertz CT molecular complexity index is 1120. The third-order valence-electron chi connectivity index (χ3n) is 5.26. The lowest BCUT2D eigenvalue weighted by molar-refractivity contribution is -0.140. The fourth-order valence-electron chi connectivity index (χ4n) is 3.52. The summed E-state index contributed by atoms with van der Waals surface area (Å²) < 4.78 is 26.3. The molecule has 0 bridgehead atoms. The van der Waals surface area contributed by atoms with Crippen molar-refractivity contribution in [1.29, 1.82) is 0 Å². The Balaban J connectivity index is 2.46. The van der Waals surface area contributed by atoms with Crippen LogP contribution in [-0.4, -0.2) is 50.5 Å². The Kier molecular flexibility index (Phi) is 10.2. The second kappa shape index (κ2) is 12.4. The molecule has 186 valence electrons. The minimum atomic E-state index is -3.78. The Hall–Kier alpha value is -2.29. The first kappa shape index (κ1) is 28.0. The zero-order chi connectivity index (χ0) is 25.5. The van der Waals surface area contributed by atoms with Crippen molar-refractivity contribution in [1.82, 2.24) is 10.2 Å². The van der Waals surface area contributed by atoms with Gasteiger partial charge < -0.3 is 10.2 Å². The van der Waals surface area contributed by atoms with Crippen LogP contribution in [0.15, 0.2) is 42.5 Å². The van der Waals surface area contributed by atoms with Gasteiger partial charge in [0, 0.05) is 23.1 Å². The molecule has 1 unspecified atom stereocenters. The molecule has 1 N–H and O–H groups in total. The largest absolute Gasteiger partial charge is 0.354 e. The van der Waals surface area contributed by atoms with Gasteiger partial charge in [-0.1, -0.05) is 55.2 Å². The highest BCUT2D eigenvalue weighted by Crippen LogP contribution is 2.25. The van der Waals surface area contributed by atoms with Gasteiger partial charge in [-0.2, -0.15) is 0 Å². The van der Waals surface area contributed by atoms with Crippen LogP contribution in [-0.2, 0) is 26.2 Å². The molecule has 0 aromatic heterocycles. The quantitative estimate of drug-likeness (QED) is 0.469. The summed E-state index contributed by atoms with van der Waals surface area (Å²) in [4.78, 5) is 27.9. The van der Waals surface area contributed by atoms with Crippen molar-refractivity contribution in [2.45, 2.75) is 46.2 Å². The maximum atomic E-state index is 13.6. The van der Waals surface area contributed by atoms with Crippen LogP contribution < -0.4 is 9.62 Å². The van der Waals surface area contributed by atoms with Crippen LogP contribution in [0, 0.1) is 6.92 Å². The van der Waals surface area contributed by atoms with Gasteiger partial charge in [-0.15, -0.1) is 0 Å². The number of hydrogen-bond donors (Lipinski definition) is 1. The molecule has 2 aromatic carbocycles. The number of carbonyl (C=O) groups excluding carboxylic acids is 2. The van der Waals surface area contributed by atoms with Gasteiger partial charge in [0.05, 0.1) is 11.9 Å². The highest BCUT2D eigenvalue weighted by Gasteiger charge is 2.32. The summed E-state index contributed by atoms with van der Waals surface area (Å²) in [5, 5.41) is 3.63. The van der Waals surface area contributed by atoms with Gasteiger partial charge in [-0.05, 0) is 55.2 Å². The SMILES string of the molecule is CCCNC(=O)C(CC)N(Cc1ccc(Cl)cc1Cl)C(=O)CN(c1cccc(C)c1)S(C)(=O)=O. The van der Waals surface area contributed by atoms with E-state index in [1.165, 1.54) is 4.90 Å². The maximum Gasteiger partial charge on any atom is 0.244 e. The Morgan fingerprint density at radius 1 is 1.09 bits per heavy atom. The predicted octanol–water partition coefficient (Wildman–Crippen LogP) is 4.40. The van der Waals surface area contributed by atoms with Crippen molar-refractivity contribution in [3.8, 4) is 0 Å². The van der Waals surface area contributed by atoms with Crippen molar-refractivity contribution >= 4 is 50.7 Å². The molecule has 0 aliphatic carbocycles. The first-order valence-corrected chi connectivity index (χ1v) is 13.6. The lowest BCUT2D eigenvalue weighted by Gasteiger charge is -2.33. The molecule has 0 radical (unpaired) electrons. The van der Waals surface area contributed by atoms with Crippen LogP contribution in [0.25, 0.3) is 0 Å². The average molecular weight is 529 g/mol. The fourth-order valence-corrected chi connectivity index (χ4v) is 4.83. The summed E-state index contributed by atoms with van der Waals surface area (Å²) >= 11 is 12.4. The van der Waals surface area contributed by atoms with Crippen LogP contribution >= 0.6 is 23.2 Å². The lowest BCUT2D eigenvalue weighted by Crippen LogP contribution is -2.52. The minimum Gasteiger partial charge on any atom is -0.354 e. The summed E-state index contributed by atoms with van der Waals surface area (Å²) in [6, 6.07) is 11.0. The number of hydrogen-bond acceptors (Lipinski definition) is 4. The molecule has 34 heavy (non-hydrogen) atoms. The number of anilines is 1. The van der Waals surface area contributed by atoms with E-state index in [1.807, 2.05) is 19.9 Å². The number of carbonyl (C=O) groups is 2. The molecule has 0 saturated carbocycles. The molecule has 0 saturated heterocycles. The minimum absolute atomic E-state index is 0.0261. The third-order valence-corrected chi connectivity index (χ3v) is 6.99. The Labute approximate surface area is 212 Å². The molecule has 7 nitrogen and oxygen atoms in total. The van der Waals surface area contributed by atoms with Crippen molar-refractivity contribution in [2.24, 2.45) is 0 Å². The van der Waals surface area contributed by atoms with Crippen LogP contribution in [0.2, 0.25) is 10.0 Å². The summed E-state index contributed by atoms with van der Waals surface area (Å²) in [6.45, 7) is 5.62. The van der Waals surface area contributed by atoms with Gasteiger partial charge in [-0.25, -0.2) is 8.42 Å². The van der Waals surface area contributed by atoms with E-state index in [2.05, 4.69) is 5.32 Å². The normalized spacial score (nSPS) is 12.2. The monoisotopic (exact) mass is 527 g/mol. The summed E-state index contributed by atoms with van der Waals surface area (Å²) in [6.07, 6.45) is 2.14. The van der Waals surface area contributed by atoms with Crippen molar-refractivity contribution < 1.29 is 18.0 Å². The molecular weight excluding hydrogens is 497 g/mol. The van der Waals surface area contributed by atoms with Gasteiger partial charge >= 0.3 is 0 Å². The summed E-state index contributed by atoms with van der Waals surface area (Å²) in [7, 11) is -3.78. The predicted molar refractivity (Wildman–Crippen MR) is 138 cm³/mol. The lowest BCUT2D eigenvalue weighted by atomic mass is 10.1. The second-order valence-electron chi connectivity index (χ2n) is 8.08. The smallest absolute Gasteiger partial charge is 0.244 e. The molecule has 2 amide bonds. The Morgan fingerprint density at radius 2 is 1.79 bits per heavy atom. The highest BCUT2D eigenvalue weighted by atomic mass is 35.5. The standard InChI is InChI=1S/C24H31Cl2N3O4S/c1-5-12-27-24(31)22(6-2)28(15-18-10-11-19(25)14-21(18)26)23(30)16-29(34(4,32)33)20-9-7-8-17(3)13-20/h7-11,13-14,22H,5-6,12,15-16H2,1-4H3,(H,27,31). The first-order valence-electron chi connectivity index (χ1n) is 11.0. The fraction of sp³-hybridized carbons (Fsp3) is 0.417. The van der Waals surface area contributed by atoms with Gasteiger partial charge in [0.1, 0.15) is 12.6 Å². The van der Waals surface area contributed by atoms with E-state index in [-0.39, 0.29) is 12.5 Å². The number of benzene rings is 2.